The number of imide groups is 1. The molecule has 2 amide bonds. The van der Waals surface area contributed by atoms with E-state index >= 15 is 0 Å². The summed E-state index contributed by atoms with van der Waals surface area (Å²) in [6.07, 6.45) is 17.8. The van der Waals surface area contributed by atoms with Crippen molar-refractivity contribution in [1.29, 1.82) is 0 Å². The minimum Gasteiger partial charge on any atom is -0.295 e. The lowest BCUT2D eigenvalue weighted by molar-refractivity contribution is -0.121. The summed E-state index contributed by atoms with van der Waals surface area (Å²) in [5.41, 5.74) is 0. The maximum absolute atomic E-state index is 10.9. The zero-order valence-electron chi connectivity index (χ0n) is 12.3. The molecule has 0 aliphatic heterocycles. The number of amides is 2. The van der Waals surface area contributed by atoms with E-state index in [1.807, 2.05) is 6.08 Å². The van der Waals surface area contributed by atoms with Crippen LogP contribution in [0, 0.1) is 0 Å². The molecule has 0 saturated heterocycles. The van der Waals surface area contributed by atoms with Crippen LogP contribution in [0.2, 0.25) is 0 Å². The van der Waals surface area contributed by atoms with E-state index in [1.165, 1.54) is 63.9 Å². The number of nitrogens with one attached hydrogen (secondary N) is 1. The molecule has 3 heteroatoms. The quantitative estimate of drug-likeness (QED) is 0.310. The number of hydrogen-bond acceptors (Lipinski definition) is 2. The van der Waals surface area contributed by atoms with Gasteiger partial charge in [0.15, 0.2) is 0 Å². The standard InChI is InChI=1S/C16H29NO2/c1-2-3-4-5-6-7-8-9-10-11-12-13-14-16(19)17-15-18/h13-15H,2-12H2,1H3,(H,17,18,19). The lowest BCUT2D eigenvalue weighted by atomic mass is 10.1. The van der Waals surface area contributed by atoms with Gasteiger partial charge in [0, 0.05) is 0 Å². The largest absolute Gasteiger partial charge is 0.295 e. The third-order valence-corrected chi connectivity index (χ3v) is 3.19. The summed E-state index contributed by atoms with van der Waals surface area (Å²) in [5, 5.41) is 2.08. The van der Waals surface area contributed by atoms with Crippen molar-refractivity contribution < 1.29 is 9.59 Å². The van der Waals surface area contributed by atoms with Crippen molar-refractivity contribution in [1.82, 2.24) is 5.32 Å². The molecule has 0 unspecified atom stereocenters. The van der Waals surface area contributed by atoms with Gasteiger partial charge in [-0.05, 0) is 18.9 Å². The van der Waals surface area contributed by atoms with Crippen molar-refractivity contribution in [3.8, 4) is 0 Å². The molecule has 0 fully saturated rings. The maximum Gasteiger partial charge on any atom is 0.250 e. The first-order valence-electron chi connectivity index (χ1n) is 7.72. The second-order valence-corrected chi connectivity index (χ2v) is 5.00. The van der Waals surface area contributed by atoms with Gasteiger partial charge < -0.3 is 0 Å². The van der Waals surface area contributed by atoms with E-state index in [0.29, 0.717) is 6.41 Å². The first kappa shape index (κ1) is 17.9. The predicted molar refractivity (Wildman–Crippen MR) is 79.8 cm³/mol. The van der Waals surface area contributed by atoms with Crippen molar-refractivity contribution >= 4 is 12.3 Å². The molecular weight excluding hydrogens is 238 g/mol. The molecule has 0 aromatic heterocycles. The molecule has 0 aliphatic carbocycles. The van der Waals surface area contributed by atoms with Gasteiger partial charge in [-0.2, -0.15) is 0 Å². The topological polar surface area (TPSA) is 46.2 Å². The van der Waals surface area contributed by atoms with Crippen molar-refractivity contribution in [3.05, 3.63) is 12.2 Å². The molecule has 0 radical (unpaired) electrons. The average molecular weight is 267 g/mol. The molecular formula is C16H29NO2. The van der Waals surface area contributed by atoms with E-state index in [-0.39, 0.29) is 5.91 Å². The van der Waals surface area contributed by atoms with Gasteiger partial charge in [-0.15, -0.1) is 0 Å². The van der Waals surface area contributed by atoms with Gasteiger partial charge in [0.1, 0.15) is 0 Å². The van der Waals surface area contributed by atoms with Crippen LogP contribution in [-0.4, -0.2) is 12.3 Å². The van der Waals surface area contributed by atoms with Crippen molar-refractivity contribution in [2.75, 3.05) is 0 Å². The van der Waals surface area contributed by atoms with Crippen LogP contribution in [0.1, 0.15) is 77.6 Å². The van der Waals surface area contributed by atoms with Gasteiger partial charge in [0.2, 0.25) is 12.3 Å². The molecule has 0 bridgehead atoms. The van der Waals surface area contributed by atoms with Crippen LogP contribution in [-0.2, 0) is 9.59 Å². The number of carbonyl (C=O) groups excluding carboxylic acids is 2. The Morgan fingerprint density at radius 1 is 0.895 bits per heavy atom. The molecule has 0 heterocycles. The number of rotatable bonds is 13. The van der Waals surface area contributed by atoms with Gasteiger partial charge in [-0.25, -0.2) is 0 Å². The fourth-order valence-electron chi connectivity index (χ4n) is 2.05. The van der Waals surface area contributed by atoms with E-state index in [9.17, 15) is 9.59 Å². The summed E-state index contributed by atoms with van der Waals surface area (Å²) in [6, 6.07) is 0. The summed E-state index contributed by atoms with van der Waals surface area (Å²) in [7, 11) is 0. The SMILES string of the molecule is CCCCCCCCCCCCC=CC(=O)NC=O. The van der Waals surface area contributed by atoms with Crippen molar-refractivity contribution in [3.63, 3.8) is 0 Å². The van der Waals surface area contributed by atoms with Gasteiger partial charge >= 0.3 is 0 Å². The highest BCUT2D eigenvalue weighted by Crippen LogP contribution is 2.11. The lowest BCUT2D eigenvalue weighted by Crippen LogP contribution is -2.18. The molecule has 0 aliphatic rings. The molecule has 110 valence electrons. The minimum absolute atomic E-state index is 0.331. The fraction of sp³-hybridized carbons (Fsp3) is 0.750. The van der Waals surface area contributed by atoms with Crippen LogP contribution in [0.4, 0.5) is 0 Å². The van der Waals surface area contributed by atoms with Crippen LogP contribution in [0.25, 0.3) is 0 Å². The van der Waals surface area contributed by atoms with Crippen LogP contribution >= 0.6 is 0 Å². The molecule has 19 heavy (non-hydrogen) atoms. The maximum atomic E-state index is 10.9. The highest BCUT2D eigenvalue weighted by atomic mass is 16.2. The first-order valence-corrected chi connectivity index (χ1v) is 7.72. The third kappa shape index (κ3) is 14.8. The monoisotopic (exact) mass is 267 g/mol. The molecule has 0 aromatic carbocycles. The summed E-state index contributed by atoms with van der Waals surface area (Å²) >= 11 is 0. The van der Waals surface area contributed by atoms with E-state index in [1.54, 1.807) is 0 Å². The smallest absolute Gasteiger partial charge is 0.250 e. The molecule has 3 nitrogen and oxygen atoms in total. The molecule has 0 aromatic rings. The van der Waals surface area contributed by atoms with Crippen LogP contribution in [0.3, 0.4) is 0 Å². The van der Waals surface area contributed by atoms with E-state index in [0.717, 1.165) is 12.8 Å². The van der Waals surface area contributed by atoms with Crippen LogP contribution < -0.4 is 5.32 Å². The second kappa shape index (κ2) is 14.9. The third-order valence-electron chi connectivity index (χ3n) is 3.19. The van der Waals surface area contributed by atoms with Crippen molar-refractivity contribution in [2.45, 2.75) is 77.6 Å². The minimum atomic E-state index is -0.331. The van der Waals surface area contributed by atoms with Gasteiger partial charge in [0.05, 0.1) is 0 Å². The molecule has 0 spiro atoms. The molecule has 0 saturated carbocycles. The summed E-state index contributed by atoms with van der Waals surface area (Å²) in [4.78, 5) is 20.9. The number of hydrogen-bond donors (Lipinski definition) is 1. The summed E-state index contributed by atoms with van der Waals surface area (Å²) < 4.78 is 0. The Morgan fingerprint density at radius 3 is 1.95 bits per heavy atom. The van der Waals surface area contributed by atoms with Crippen molar-refractivity contribution in [2.24, 2.45) is 0 Å². The summed E-state index contributed by atoms with van der Waals surface area (Å²) in [6.45, 7) is 2.25. The first-order chi connectivity index (χ1) is 9.31. The predicted octanol–water partition coefficient (Wildman–Crippen LogP) is 4.13. The van der Waals surface area contributed by atoms with Gasteiger partial charge in [-0.3, -0.25) is 14.9 Å². The highest BCUT2D eigenvalue weighted by Gasteiger charge is 1.93. The Bertz CT molecular complexity index is 249. The van der Waals surface area contributed by atoms with E-state index < -0.39 is 0 Å². The zero-order chi connectivity index (χ0) is 14.2. The lowest BCUT2D eigenvalue weighted by Gasteiger charge is -2.01. The Hall–Kier alpha value is -1.12. The van der Waals surface area contributed by atoms with E-state index in [4.69, 9.17) is 0 Å². The zero-order valence-corrected chi connectivity index (χ0v) is 12.3. The molecule has 1 N–H and O–H groups in total. The average Bonchev–Trinajstić information content (AvgIpc) is 2.40. The Balaban J connectivity index is 3.14. The number of carbonyl (C=O) groups is 2. The van der Waals surface area contributed by atoms with E-state index in [2.05, 4.69) is 12.2 Å². The second-order valence-electron chi connectivity index (χ2n) is 5.00. The molecule has 0 atom stereocenters. The Labute approximate surface area is 117 Å². The Kier molecular flexibility index (Phi) is 14.1. The number of unbranched alkanes of at least 4 members (excludes halogenated alkanes) is 10. The highest BCUT2D eigenvalue weighted by molar-refractivity contribution is 5.94. The summed E-state index contributed by atoms with van der Waals surface area (Å²) in [5.74, 6) is -0.331. The molecule has 0 rings (SSSR count). The van der Waals surface area contributed by atoms with Gasteiger partial charge in [0.25, 0.3) is 0 Å². The van der Waals surface area contributed by atoms with Gasteiger partial charge in [-0.1, -0.05) is 70.8 Å². The van der Waals surface area contributed by atoms with Crippen LogP contribution in [0.15, 0.2) is 12.2 Å². The fourth-order valence-corrected chi connectivity index (χ4v) is 2.05. The normalized spacial score (nSPS) is 10.8. The Morgan fingerprint density at radius 2 is 1.42 bits per heavy atom. The number of allylic oxidation sites excluding steroid dienone is 1. The van der Waals surface area contributed by atoms with Crippen LogP contribution in [0.5, 0.6) is 0 Å².